The lowest BCUT2D eigenvalue weighted by Gasteiger charge is -2.23. The van der Waals surface area contributed by atoms with Gasteiger partial charge >= 0.3 is 0 Å². The molecular formula is C11H24N2. The first-order valence-corrected chi connectivity index (χ1v) is 5.50. The SMILES string of the molecule is CCNN1CCC(CC(C)(C)C)C1. The fraction of sp³-hybridized carbons (Fsp3) is 1.00. The lowest BCUT2D eigenvalue weighted by molar-refractivity contribution is 0.217. The summed E-state index contributed by atoms with van der Waals surface area (Å²) in [4.78, 5) is 0. The summed E-state index contributed by atoms with van der Waals surface area (Å²) in [5.41, 5.74) is 3.89. The number of nitrogens with one attached hydrogen (secondary N) is 1. The van der Waals surface area contributed by atoms with Crippen LogP contribution in [0.1, 0.15) is 40.5 Å². The van der Waals surface area contributed by atoms with Crippen molar-refractivity contribution < 1.29 is 0 Å². The summed E-state index contributed by atoms with van der Waals surface area (Å²) in [6.45, 7) is 12.7. The molecule has 0 aliphatic carbocycles. The molecular weight excluding hydrogens is 160 g/mol. The van der Waals surface area contributed by atoms with Gasteiger partial charge in [-0.1, -0.05) is 27.7 Å². The van der Waals surface area contributed by atoms with Gasteiger partial charge in [0.05, 0.1) is 0 Å². The predicted molar refractivity (Wildman–Crippen MR) is 57.4 cm³/mol. The molecule has 2 heteroatoms. The van der Waals surface area contributed by atoms with Gasteiger partial charge in [-0.3, -0.25) is 5.43 Å². The van der Waals surface area contributed by atoms with Crippen LogP contribution in [0.15, 0.2) is 0 Å². The standard InChI is InChI=1S/C11H24N2/c1-5-12-13-7-6-10(9-13)8-11(2,3)4/h10,12H,5-9H2,1-4H3. The van der Waals surface area contributed by atoms with Crippen LogP contribution < -0.4 is 5.43 Å². The molecule has 13 heavy (non-hydrogen) atoms. The average Bonchev–Trinajstić information content (AvgIpc) is 2.33. The first-order chi connectivity index (χ1) is 6.01. The third kappa shape index (κ3) is 4.10. The molecule has 0 bridgehead atoms. The highest BCUT2D eigenvalue weighted by Gasteiger charge is 2.25. The number of hydrogen-bond acceptors (Lipinski definition) is 2. The molecule has 0 saturated carbocycles. The Morgan fingerprint density at radius 3 is 2.62 bits per heavy atom. The second-order valence-electron chi connectivity index (χ2n) is 5.38. The van der Waals surface area contributed by atoms with Gasteiger partial charge in [-0.2, -0.15) is 0 Å². The lowest BCUT2D eigenvalue weighted by Crippen LogP contribution is -2.35. The molecule has 1 heterocycles. The summed E-state index contributed by atoms with van der Waals surface area (Å²) in [5.74, 6) is 0.902. The third-order valence-corrected chi connectivity index (χ3v) is 2.57. The molecule has 1 aliphatic rings. The fourth-order valence-electron chi connectivity index (χ4n) is 2.23. The first kappa shape index (κ1) is 11.0. The highest BCUT2D eigenvalue weighted by Crippen LogP contribution is 2.29. The Bertz CT molecular complexity index is 149. The summed E-state index contributed by atoms with van der Waals surface area (Å²) in [5, 5.41) is 2.37. The van der Waals surface area contributed by atoms with Gasteiger partial charge in [-0.25, -0.2) is 5.01 Å². The van der Waals surface area contributed by atoms with E-state index in [4.69, 9.17) is 0 Å². The lowest BCUT2D eigenvalue weighted by atomic mass is 9.84. The van der Waals surface area contributed by atoms with Gasteiger partial charge in [0.25, 0.3) is 0 Å². The van der Waals surface area contributed by atoms with Crippen LogP contribution in [0.5, 0.6) is 0 Å². The zero-order valence-corrected chi connectivity index (χ0v) is 9.56. The van der Waals surface area contributed by atoms with Crippen LogP contribution >= 0.6 is 0 Å². The quantitative estimate of drug-likeness (QED) is 0.724. The van der Waals surface area contributed by atoms with Crippen LogP contribution in [0.2, 0.25) is 0 Å². The fourth-order valence-corrected chi connectivity index (χ4v) is 2.23. The molecule has 1 fully saturated rings. The van der Waals surface area contributed by atoms with Crippen molar-refractivity contribution in [1.29, 1.82) is 0 Å². The molecule has 0 spiro atoms. The molecule has 2 nitrogen and oxygen atoms in total. The molecule has 1 saturated heterocycles. The Morgan fingerprint density at radius 1 is 1.38 bits per heavy atom. The summed E-state index contributed by atoms with van der Waals surface area (Å²) in [6, 6.07) is 0. The number of rotatable bonds is 3. The molecule has 0 radical (unpaired) electrons. The second-order valence-corrected chi connectivity index (χ2v) is 5.38. The molecule has 1 unspecified atom stereocenters. The Hall–Kier alpha value is -0.0800. The maximum absolute atomic E-state index is 3.39. The van der Waals surface area contributed by atoms with Crippen molar-refractivity contribution >= 4 is 0 Å². The topological polar surface area (TPSA) is 15.3 Å². The van der Waals surface area contributed by atoms with E-state index in [0.717, 1.165) is 12.5 Å². The highest BCUT2D eigenvalue weighted by atomic mass is 15.5. The van der Waals surface area contributed by atoms with E-state index in [2.05, 4.69) is 38.1 Å². The maximum Gasteiger partial charge on any atom is 0.0160 e. The Kier molecular flexibility index (Phi) is 3.74. The number of hydrazine groups is 1. The molecule has 0 aromatic carbocycles. The largest absolute Gasteiger partial charge is 0.255 e. The minimum atomic E-state index is 0.493. The van der Waals surface area contributed by atoms with Crippen molar-refractivity contribution in [2.75, 3.05) is 19.6 Å². The smallest absolute Gasteiger partial charge is 0.0160 e. The Morgan fingerprint density at radius 2 is 2.08 bits per heavy atom. The first-order valence-electron chi connectivity index (χ1n) is 5.50. The normalized spacial score (nSPS) is 25.4. The summed E-state index contributed by atoms with van der Waals surface area (Å²) in [7, 11) is 0. The van der Waals surface area contributed by atoms with Crippen molar-refractivity contribution in [2.24, 2.45) is 11.3 Å². The predicted octanol–water partition coefficient (Wildman–Crippen LogP) is 2.27. The summed E-state index contributed by atoms with van der Waals surface area (Å²) < 4.78 is 0. The Labute approximate surface area is 82.7 Å². The van der Waals surface area contributed by atoms with Crippen molar-refractivity contribution in [3.05, 3.63) is 0 Å². The van der Waals surface area contributed by atoms with Crippen molar-refractivity contribution in [3.63, 3.8) is 0 Å². The van der Waals surface area contributed by atoms with Crippen molar-refractivity contribution in [2.45, 2.75) is 40.5 Å². The molecule has 1 atom stereocenters. The van der Waals surface area contributed by atoms with Crippen LogP contribution in [0.25, 0.3) is 0 Å². The molecule has 0 amide bonds. The van der Waals surface area contributed by atoms with E-state index >= 15 is 0 Å². The highest BCUT2D eigenvalue weighted by molar-refractivity contribution is 4.77. The average molecular weight is 184 g/mol. The molecule has 0 aromatic heterocycles. The monoisotopic (exact) mass is 184 g/mol. The third-order valence-electron chi connectivity index (χ3n) is 2.57. The van der Waals surface area contributed by atoms with Crippen LogP contribution in [-0.2, 0) is 0 Å². The molecule has 1 aliphatic heterocycles. The second kappa shape index (κ2) is 4.43. The maximum atomic E-state index is 3.39. The molecule has 1 N–H and O–H groups in total. The van der Waals surface area contributed by atoms with Crippen LogP contribution in [0.3, 0.4) is 0 Å². The van der Waals surface area contributed by atoms with E-state index in [-0.39, 0.29) is 0 Å². The zero-order valence-electron chi connectivity index (χ0n) is 9.56. The van der Waals surface area contributed by atoms with Gasteiger partial charge in [0.15, 0.2) is 0 Å². The van der Waals surface area contributed by atoms with Gasteiger partial charge in [-0.05, 0) is 24.2 Å². The van der Waals surface area contributed by atoms with Crippen LogP contribution in [-0.4, -0.2) is 24.6 Å². The van der Waals surface area contributed by atoms with E-state index in [1.54, 1.807) is 0 Å². The van der Waals surface area contributed by atoms with Gasteiger partial charge in [-0.15, -0.1) is 0 Å². The van der Waals surface area contributed by atoms with E-state index < -0.39 is 0 Å². The van der Waals surface area contributed by atoms with Gasteiger partial charge in [0.2, 0.25) is 0 Å². The van der Waals surface area contributed by atoms with E-state index in [0.29, 0.717) is 5.41 Å². The van der Waals surface area contributed by atoms with Crippen molar-refractivity contribution in [1.82, 2.24) is 10.4 Å². The summed E-state index contributed by atoms with van der Waals surface area (Å²) >= 11 is 0. The van der Waals surface area contributed by atoms with Crippen LogP contribution in [0.4, 0.5) is 0 Å². The van der Waals surface area contributed by atoms with Gasteiger partial charge in [0, 0.05) is 19.6 Å². The van der Waals surface area contributed by atoms with E-state index in [9.17, 15) is 0 Å². The summed E-state index contributed by atoms with van der Waals surface area (Å²) in [6.07, 6.45) is 2.72. The van der Waals surface area contributed by atoms with Crippen molar-refractivity contribution in [3.8, 4) is 0 Å². The Balaban J connectivity index is 2.25. The molecule has 78 valence electrons. The van der Waals surface area contributed by atoms with E-state index in [1.807, 2.05) is 0 Å². The minimum absolute atomic E-state index is 0.493. The molecule has 1 rings (SSSR count). The number of nitrogens with zero attached hydrogens (tertiary/aromatic N) is 1. The van der Waals surface area contributed by atoms with Gasteiger partial charge in [0.1, 0.15) is 0 Å². The van der Waals surface area contributed by atoms with Crippen LogP contribution in [0, 0.1) is 11.3 Å². The minimum Gasteiger partial charge on any atom is -0.255 e. The van der Waals surface area contributed by atoms with Gasteiger partial charge < -0.3 is 0 Å². The number of hydrogen-bond donors (Lipinski definition) is 1. The zero-order chi connectivity index (χ0) is 9.90. The molecule has 0 aromatic rings. The van der Waals surface area contributed by atoms with E-state index in [1.165, 1.54) is 25.9 Å².